The van der Waals surface area contributed by atoms with Crippen molar-refractivity contribution in [2.45, 2.75) is 0 Å². The Morgan fingerprint density at radius 2 is 1.38 bits per heavy atom. The second-order valence-corrected chi connectivity index (χ2v) is 8.80. The number of pyridine rings is 1. The lowest BCUT2D eigenvalue weighted by atomic mass is 10.2. The number of benzene rings is 3. The van der Waals surface area contributed by atoms with E-state index in [9.17, 15) is 4.57 Å². The number of rotatable bonds is 4. The van der Waals surface area contributed by atoms with Gasteiger partial charge >= 0.3 is 0 Å². The van der Waals surface area contributed by atoms with Gasteiger partial charge in [0, 0.05) is 27.5 Å². The van der Waals surface area contributed by atoms with E-state index in [2.05, 4.69) is 4.98 Å². The molecule has 0 aliphatic heterocycles. The van der Waals surface area contributed by atoms with Crippen molar-refractivity contribution < 1.29 is 9.30 Å². The largest absolute Gasteiger partial charge is 0.497 e. The molecule has 4 aromatic rings. The van der Waals surface area contributed by atoms with Crippen LogP contribution in [0.3, 0.4) is 0 Å². The molecule has 4 heteroatoms. The summed E-state index contributed by atoms with van der Waals surface area (Å²) in [4.78, 5) is 4.55. The van der Waals surface area contributed by atoms with E-state index in [1.165, 1.54) is 0 Å². The molecular weight excluding hydrogens is 341 g/mol. The van der Waals surface area contributed by atoms with Gasteiger partial charge in [0.15, 0.2) is 7.14 Å². The maximum Gasteiger partial charge on any atom is 0.172 e. The van der Waals surface area contributed by atoms with Crippen molar-refractivity contribution in [3.8, 4) is 5.75 Å². The molecule has 0 aliphatic rings. The number of nitrogens with zero attached hydrogens (tertiary/aromatic N) is 1. The van der Waals surface area contributed by atoms with Crippen molar-refractivity contribution in [1.82, 2.24) is 4.98 Å². The third-order valence-electron chi connectivity index (χ3n) is 4.48. The van der Waals surface area contributed by atoms with E-state index < -0.39 is 7.14 Å². The molecule has 3 aromatic carbocycles. The molecule has 0 saturated heterocycles. The number of methoxy groups -OCH3 is 1. The first-order valence-corrected chi connectivity index (χ1v) is 10.1. The molecule has 0 atom stereocenters. The SMILES string of the molecule is COc1ccc2ncc(P(=O)(c3ccccc3)c3ccccc3)cc2c1. The second-order valence-electron chi connectivity index (χ2n) is 6.03. The number of hydrogen-bond acceptors (Lipinski definition) is 3. The first-order valence-electron chi connectivity index (χ1n) is 8.37. The number of aromatic nitrogens is 1. The van der Waals surface area contributed by atoms with Crippen molar-refractivity contribution in [3.05, 3.63) is 91.1 Å². The molecule has 0 amide bonds. The van der Waals surface area contributed by atoms with E-state index in [-0.39, 0.29) is 0 Å². The Hall–Kier alpha value is -2.90. The van der Waals surface area contributed by atoms with Gasteiger partial charge in [-0.05, 0) is 24.3 Å². The van der Waals surface area contributed by atoms with Crippen LogP contribution in [0, 0.1) is 0 Å². The maximum atomic E-state index is 14.3. The van der Waals surface area contributed by atoms with Crippen molar-refractivity contribution in [2.24, 2.45) is 0 Å². The molecule has 1 aromatic heterocycles. The predicted octanol–water partition coefficient (Wildman–Crippen LogP) is 3.88. The van der Waals surface area contributed by atoms with Gasteiger partial charge in [0.1, 0.15) is 5.75 Å². The Morgan fingerprint density at radius 3 is 1.96 bits per heavy atom. The fraction of sp³-hybridized carbons (Fsp3) is 0.0455. The van der Waals surface area contributed by atoms with Gasteiger partial charge in [-0.2, -0.15) is 0 Å². The smallest absolute Gasteiger partial charge is 0.172 e. The van der Waals surface area contributed by atoms with Gasteiger partial charge in [0.2, 0.25) is 0 Å². The zero-order valence-corrected chi connectivity index (χ0v) is 15.3. The van der Waals surface area contributed by atoms with Crippen molar-refractivity contribution in [3.63, 3.8) is 0 Å². The summed E-state index contributed by atoms with van der Waals surface area (Å²) in [5.74, 6) is 0.755. The summed E-state index contributed by atoms with van der Waals surface area (Å²) in [5.41, 5.74) is 0.849. The quantitative estimate of drug-likeness (QED) is 0.519. The van der Waals surface area contributed by atoms with Crippen molar-refractivity contribution in [2.75, 3.05) is 7.11 Å². The standard InChI is InChI=1S/C22H18NO2P/c1-25-18-12-13-22-17(14-18)15-21(16-23-22)26(24,19-8-4-2-5-9-19)20-10-6-3-7-11-20/h2-16H,1H3. The van der Waals surface area contributed by atoms with Gasteiger partial charge in [-0.15, -0.1) is 0 Å². The number of ether oxygens (including phenoxy) is 1. The van der Waals surface area contributed by atoms with E-state index in [1.807, 2.05) is 84.9 Å². The van der Waals surface area contributed by atoms with E-state index in [4.69, 9.17) is 4.74 Å². The fourth-order valence-corrected chi connectivity index (χ4v) is 5.74. The Kier molecular flexibility index (Phi) is 4.32. The minimum Gasteiger partial charge on any atom is -0.497 e. The third kappa shape index (κ3) is 2.81. The van der Waals surface area contributed by atoms with Crippen LogP contribution < -0.4 is 20.7 Å². The van der Waals surface area contributed by atoms with Gasteiger partial charge in [0.25, 0.3) is 0 Å². The van der Waals surface area contributed by atoms with Crippen LogP contribution in [0.4, 0.5) is 0 Å². The first-order chi connectivity index (χ1) is 12.7. The molecule has 1 heterocycles. The fourth-order valence-electron chi connectivity index (χ4n) is 3.12. The van der Waals surface area contributed by atoms with Gasteiger partial charge in [-0.3, -0.25) is 4.98 Å². The van der Waals surface area contributed by atoms with E-state index in [0.29, 0.717) is 0 Å². The minimum absolute atomic E-state index is 0.718. The van der Waals surface area contributed by atoms with Gasteiger partial charge in [-0.25, -0.2) is 0 Å². The summed E-state index contributed by atoms with van der Waals surface area (Å²) in [5, 5.41) is 3.23. The summed E-state index contributed by atoms with van der Waals surface area (Å²) in [6, 6.07) is 26.9. The molecule has 0 saturated carbocycles. The van der Waals surface area contributed by atoms with Crippen molar-refractivity contribution in [1.29, 1.82) is 0 Å². The van der Waals surface area contributed by atoms with Crippen LogP contribution in [0.25, 0.3) is 10.9 Å². The molecule has 0 unspecified atom stereocenters. The Balaban J connectivity index is 1.98. The molecule has 4 rings (SSSR count). The molecule has 0 spiro atoms. The molecule has 0 radical (unpaired) electrons. The molecule has 0 fully saturated rings. The van der Waals surface area contributed by atoms with Crippen LogP contribution >= 0.6 is 7.14 Å². The first kappa shape index (κ1) is 16.6. The van der Waals surface area contributed by atoms with Gasteiger partial charge in [0.05, 0.1) is 12.6 Å². The van der Waals surface area contributed by atoms with Crippen LogP contribution in [0.5, 0.6) is 5.75 Å². The van der Waals surface area contributed by atoms with Gasteiger partial charge < -0.3 is 9.30 Å². The van der Waals surface area contributed by atoms with E-state index in [1.54, 1.807) is 13.3 Å². The third-order valence-corrected chi connectivity index (χ3v) is 7.50. The predicted molar refractivity (Wildman–Crippen MR) is 108 cm³/mol. The lowest BCUT2D eigenvalue weighted by Gasteiger charge is -2.20. The summed E-state index contributed by atoms with van der Waals surface area (Å²) < 4.78 is 19.7. The highest BCUT2D eigenvalue weighted by atomic mass is 31.2. The highest BCUT2D eigenvalue weighted by Gasteiger charge is 2.30. The molecule has 0 bridgehead atoms. The number of hydrogen-bond donors (Lipinski definition) is 0. The molecule has 0 N–H and O–H groups in total. The lowest BCUT2D eigenvalue weighted by Crippen LogP contribution is -2.25. The lowest BCUT2D eigenvalue weighted by molar-refractivity contribution is 0.415. The Bertz CT molecular complexity index is 1050. The Morgan fingerprint density at radius 1 is 0.769 bits per heavy atom. The summed E-state index contributed by atoms with van der Waals surface area (Å²) >= 11 is 0. The molecular formula is C22H18NO2P. The highest BCUT2D eigenvalue weighted by Crippen LogP contribution is 2.42. The minimum atomic E-state index is -3.01. The van der Waals surface area contributed by atoms with Crippen LogP contribution in [0.2, 0.25) is 0 Å². The topological polar surface area (TPSA) is 39.2 Å². The molecule has 0 aliphatic carbocycles. The number of fused-ring (bicyclic) bond motifs is 1. The van der Waals surface area contributed by atoms with Crippen LogP contribution in [-0.4, -0.2) is 12.1 Å². The molecule has 128 valence electrons. The Labute approximate surface area is 152 Å². The van der Waals surface area contributed by atoms with Gasteiger partial charge in [-0.1, -0.05) is 60.7 Å². The zero-order chi connectivity index (χ0) is 18.0. The average Bonchev–Trinajstić information content (AvgIpc) is 2.73. The monoisotopic (exact) mass is 359 g/mol. The molecule has 3 nitrogen and oxygen atoms in total. The zero-order valence-electron chi connectivity index (χ0n) is 14.4. The maximum absolute atomic E-state index is 14.3. The van der Waals surface area contributed by atoms with Crippen molar-refractivity contribution >= 4 is 34.0 Å². The van der Waals surface area contributed by atoms with Crippen LogP contribution in [0.1, 0.15) is 0 Å². The van der Waals surface area contributed by atoms with E-state index >= 15 is 0 Å². The second kappa shape index (κ2) is 6.78. The van der Waals surface area contributed by atoms with Crippen LogP contribution in [-0.2, 0) is 4.57 Å². The summed E-state index contributed by atoms with van der Waals surface area (Å²) in [7, 11) is -1.37. The normalized spacial score (nSPS) is 11.4. The van der Waals surface area contributed by atoms with E-state index in [0.717, 1.165) is 32.6 Å². The highest BCUT2D eigenvalue weighted by molar-refractivity contribution is 7.85. The average molecular weight is 359 g/mol. The molecule has 26 heavy (non-hydrogen) atoms. The summed E-state index contributed by atoms with van der Waals surface area (Å²) in [6.45, 7) is 0. The summed E-state index contributed by atoms with van der Waals surface area (Å²) in [6.07, 6.45) is 1.73. The van der Waals surface area contributed by atoms with Crippen LogP contribution in [0.15, 0.2) is 91.1 Å².